The van der Waals surface area contributed by atoms with Gasteiger partial charge in [-0.05, 0) is 27.1 Å². The topological polar surface area (TPSA) is 37.3 Å². The largest absolute Gasteiger partial charge is 0.391 e. The first-order valence-corrected chi connectivity index (χ1v) is 2.37. The zero-order valence-corrected chi connectivity index (χ0v) is 11.4. The Labute approximate surface area is 85.9 Å². The summed E-state index contributed by atoms with van der Waals surface area (Å²) in [5, 5.41) is 8.52. The quantitative estimate of drug-likeness (QED) is 0.407. The van der Waals surface area contributed by atoms with Crippen LogP contribution in [0.1, 0.15) is 20.8 Å². The Kier molecular flexibility index (Phi) is 27.6. The molecule has 2 nitrogen and oxygen atoms in total. The van der Waals surface area contributed by atoms with Crippen molar-refractivity contribution in [3.63, 3.8) is 0 Å². The van der Waals surface area contributed by atoms with Crippen LogP contribution in [0.3, 0.4) is 0 Å². The van der Waals surface area contributed by atoms with E-state index in [4.69, 9.17) is 9.90 Å². The standard InChI is InChI=1S/C4H10O.C2H3O.BrH.Zn/c1-4(2,3)5;1-2-3;;/h5H,1-3H3;2H,1H2;1H;/q;-1;;. The molecule has 0 bridgehead atoms. The first-order chi connectivity index (χ1) is 3.41. The number of hydrogen-bond acceptors (Lipinski definition) is 2. The first-order valence-electron chi connectivity index (χ1n) is 2.37. The predicted molar refractivity (Wildman–Crippen MR) is 43.7 cm³/mol. The van der Waals surface area contributed by atoms with E-state index < -0.39 is 5.60 Å². The van der Waals surface area contributed by atoms with Crippen molar-refractivity contribution < 1.29 is 29.4 Å². The molecule has 60 valence electrons. The maximum absolute atomic E-state index is 8.69. The van der Waals surface area contributed by atoms with Crippen molar-refractivity contribution in [1.82, 2.24) is 0 Å². The molecule has 0 atom stereocenters. The van der Waals surface area contributed by atoms with Crippen molar-refractivity contribution >= 4 is 23.3 Å². The van der Waals surface area contributed by atoms with Crippen molar-refractivity contribution in [1.29, 1.82) is 0 Å². The van der Waals surface area contributed by atoms with E-state index in [9.17, 15) is 0 Å². The van der Waals surface area contributed by atoms with E-state index >= 15 is 0 Å². The molecular formula is C6H14BrO2Zn-. The molecule has 0 saturated carbocycles. The summed E-state index contributed by atoms with van der Waals surface area (Å²) in [6.45, 7) is 8.03. The van der Waals surface area contributed by atoms with Crippen LogP contribution in [-0.4, -0.2) is 17.0 Å². The molecule has 0 fully saturated rings. The van der Waals surface area contributed by atoms with E-state index in [0.29, 0.717) is 6.29 Å². The first kappa shape index (κ1) is 22.4. The maximum Gasteiger partial charge on any atom is 0.0563 e. The van der Waals surface area contributed by atoms with E-state index in [1.54, 1.807) is 20.8 Å². The van der Waals surface area contributed by atoms with Crippen LogP contribution < -0.4 is 0 Å². The summed E-state index contributed by atoms with van der Waals surface area (Å²) in [5.41, 5.74) is -0.500. The van der Waals surface area contributed by atoms with Gasteiger partial charge in [0, 0.05) is 19.5 Å². The Bertz CT molecular complexity index is 55.3. The molecular weight excluding hydrogens is 249 g/mol. The van der Waals surface area contributed by atoms with Crippen LogP contribution in [0.4, 0.5) is 0 Å². The molecule has 0 aromatic carbocycles. The molecule has 0 amide bonds. The third-order valence-electron chi connectivity index (χ3n) is 0. The van der Waals surface area contributed by atoms with Crippen LogP contribution in [0.25, 0.3) is 0 Å². The molecule has 0 unspecified atom stereocenters. The smallest absolute Gasteiger partial charge is 0.0563 e. The number of carbonyl (C=O) groups is 1. The average Bonchev–Trinajstić information content (AvgIpc) is 1.27. The molecule has 0 aliphatic heterocycles. The van der Waals surface area contributed by atoms with E-state index in [1.807, 2.05) is 0 Å². The Morgan fingerprint density at radius 3 is 1.40 bits per heavy atom. The van der Waals surface area contributed by atoms with Gasteiger partial charge in [-0.3, -0.25) is 0 Å². The number of aldehydes is 1. The number of carbonyl (C=O) groups excluding carboxylic acids is 1. The van der Waals surface area contributed by atoms with Gasteiger partial charge in [0.15, 0.2) is 0 Å². The molecule has 0 aromatic heterocycles. The van der Waals surface area contributed by atoms with Crippen LogP contribution in [0.15, 0.2) is 0 Å². The third kappa shape index (κ3) is 1370. The maximum atomic E-state index is 8.69. The summed E-state index contributed by atoms with van der Waals surface area (Å²) in [6, 6.07) is 0. The van der Waals surface area contributed by atoms with Gasteiger partial charge < -0.3 is 16.8 Å². The Morgan fingerprint density at radius 2 is 1.40 bits per heavy atom. The number of halogens is 1. The van der Waals surface area contributed by atoms with Gasteiger partial charge in [-0.25, -0.2) is 0 Å². The molecule has 1 N–H and O–H groups in total. The number of rotatable bonds is 0. The van der Waals surface area contributed by atoms with Crippen molar-refractivity contribution in [2.24, 2.45) is 0 Å². The minimum atomic E-state index is -0.500. The van der Waals surface area contributed by atoms with Gasteiger partial charge in [-0.1, -0.05) is 0 Å². The van der Waals surface area contributed by atoms with E-state index in [1.165, 1.54) is 0 Å². The van der Waals surface area contributed by atoms with Crippen molar-refractivity contribution in [2.75, 3.05) is 0 Å². The van der Waals surface area contributed by atoms with Crippen LogP contribution in [-0.2, 0) is 24.3 Å². The van der Waals surface area contributed by atoms with E-state index in [0.717, 1.165) is 0 Å². The third-order valence-corrected chi connectivity index (χ3v) is 0. The van der Waals surface area contributed by atoms with Gasteiger partial charge in [0.1, 0.15) is 0 Å². The molecule has 0 aromatic rings. The summed E-state index contributed by atoms with van der Waals surface area (Å²) in [7, 11) is 0. The molecule has 0 aliphatic rings. The fraction of sp³-hybridized carbons (Fsp3) is 0.667. The molecule has 0 saturated heterocycles. The summed E-state index contributed by atoms with van der Waals surface area (Å²) >= 11 is 0. The fourth-order valence-corrected chi connectivity index (χ4v) is 0. The monoisotopic (exact) mass is 261 g/mol. The SMILES string of the molecule is Br.CC(C)(C)O.[CH2-]C=O.[Zn]. The second kappa shape index (κ2) is 12.3. The Morgan fingerprint density at radius 1 is 1.40 bits per heavy atom. The van der Waals surface area contributed by atoms with Gasteiger partial charge in [0.05, 0.1) is 5.60 Å². The minimum Gasteiger partial charge on any atom is -0.391 e. The Balaban J connectivity index is -0.0000000326. The summed E-state index contributed by atoms with van der Waals surface area (Å²) in [6.07, 6.45) is 0.500. The van der Waals surface area contributed by atoms with Gasteiger partial charge in [0.25, 0.3) is 0 Å². The van der Waals surface area contributed by atoms with E-state index in [2.05, 4.69) is 6.92 Å². The summed E-state index contributed by atoms with van der Waals surface area (Å²) < 4.78 is 0. The average molecular weight is 263 g/mol. The molecule has 4 heteroatoms. The van der Waals surface area contributed by atoms with E-state index in [-0.39, 0.29) is 36.5 Å². The zero-order chi connectivity index (χ0) is 7.21. The normalized spacial score (nSPS) is 7.20. The van der Waals surface area contributed by atoms with Crippen LogP contribution in [0.2, 0.25) is 0 Å². The minimum absolute atomic E-state index is 0. The molecule has 0 aliphatic carbocycles. The van der Waals surface area contributed by atoms with Crippen LogP contribution >= 0.6 is 17.0 Å². The molecule has 0 spiro atoms. The van der Waals surface area contributed by atoms with Gasteiger partial charge in [0.2, 0.25) is 0 Å². The van der Waals surface area contributed by atoms with Crippen molar-refractivity contribution in [2.45, 2.75) is 26.4 Å². The van der Waals surface area contributed by atoms with Crippen molar-refractivity contribution in [3.05, 3.63) is 6.92 Å². The van der Waals surface area contributed by atoms with Crippen LogP contribution in [0.5, 0.6) is 0 Å². The fourth-order valence-electron chi connectivity index (χ4n) is 0. The van der Waals surface area contributed by atoms with Gasteiger partial charge >= 0.3 is 0 Å². The van der Waals surface area contributed by atoms with Crippen molar-refractivity contribution in [3.8, 4) is 0 Å². The second-order valence-corrected chi connectivity index (χ2v) is 2.34. The molecule has 0 rings (SSSR count). The molecule has 0 radical (unpaired) electrons. The summed E-state index contributed by atoms with van der Waals surface area (Å²) in [4.78, 5) is 8.69. The summed E-state index contributed by atoms with van der Waals surface area (Å²) in [5.74, 6) is 0. The zero-order valence-electron chi connectivity index (χ0n) is 6.76. The van der Waals surface area contributed by atoms with Gasteiger partial charge in [-0.15, -0.1) is 17.0 Å². The molecule has 0 heterocycles. The number of hydrogen-bond donors (Lipinski definition) is 1. The Hall–Kier alpha value is 0.603. The second-order valence-electron chi connectivity index (χ2n) is 2.34. The van der Waals surface area contributed by atoms with Gasteiger partial charge in [-0.2, -0.15) is 0 Å². The molecule has 10 heavy (non-hydrogen) atoms. The number of aliphatic hydroxyl groups is 1. The predicted octanol–water partition coefficient (Wildman–Crippen LogP) is 1.37. The van der Waals surface area contributed by atoms with Crippen LogP contribution in [0, 0.1) is 6.92 Å².